The molecule has 3 amide bonds. The Balaban J connectivity index is 2.09. The molecule has 1 atom stereocenters. The number of hydrogen-bond acceptors (Lipinski definition) is 2. The highest BCUT2D eigenvalue weighted by molar-refractivity contribution is 5.83. The summed E-state index contributed by atoms with van der Waals surface area (Å²) in [5, 5.41) is 0. The van der Waals surface area contributed by atoms with Crippen LogP contribution in [0.2, 0.25) is 0 Å². The van der Waals surface area contributed by atoms with Gasteiger partial charge in [-0.05, 0) is 11.0 Å². The van der Waals surface area contributed by atoms with Crippen molar-refractivity contribution in [1.29, 1.82) is 0 Å². The molecule has 0 bridgehead atoms. The zero-order valence-electron chi connectivity index (χ0n) is 12.9. The smallest absolute Gasteiger partial charge is 0.314 e. The first-order chi connectivity index (χ1) is 9.81. The Hall–Kier alpha value is -2.04. The standard InChI is InChI=1S/C16H23N3O2/c1-16(2)11-19(14(20)10-18(3)15(17)21)9-13(16)12-7-5-4-6-8-12/h4-8,13H,9-11H2,1-3H3,(H2,17,21)/t13-/m0/s1. The second-order valence-electron chi connectivity index (χ2n) is 6.42. The third-order valence-electron chi connectivity index (χ3n) is 4.25. The lowest BCUT2D eigenvalue weighted by molar-refractivity contribution is -0.130. The number of hydrogen-bond donors (Lipinski definition) is 1. The Morgan fingerprint density at radius 3 is 2.52 bits per heavy atom. The predicted octanol–water partition coefficient (Wildman–Crippen LogP) is 1.65. The fourth-order valence-corrected chi connectivity index (χ4v) is 2.95. The van der Waals surface area contributed by atoms with E-state index in [9.17, 15) is 9.59 Å². The summed E-state index contributed by atoms with van der Waals surface area (Å²) >= 11 is 0. The summed E-state index contributed by atoms with van der Waals surface area (Å²) in [6.07, 6.45) is 0. The van der Waals surface area contributed by atoms with Crippen molar-refractivity contribution in [2.45, 2.75) is 19.8 Å². The zero-order valence-corrected chi connectivity index (χ0v) is 12.9. The number of rotatable bonds is 3. The van der Waals surface area contributed by atoms with E-state index in [0.29, 0.717) is 19.0 Å². The molecule has 0 aliphatic carbocycles. The van der Waals surface area contributed by atoms with Gasteiger partial charge in [0, 0.05) is 26.1 Å². The minimum absolute atomic E-state index is 0.0162. The van der Waals surface area contributed by atoms with Crippen LogP contribution in [0.15, 0.2) is 30.3 Å². The Kier molecular flexibility index (Phi) is 4.21. The predicted molar refractivity (Wildman–Crippen MR) is 81.8 cm³/mol. The number of amides is 3. The van der Waals surface area contributed by atoms with E-state index in [1.165, 1.54) is 17.5 Å². The molecule has 1 aliphatic rings. The first-order valence-electron chi connectivity index (χ1n) is 7.14. The number of benzene rings is 1. The second kappa shape index (κ2) is 5.76. The summed E-state index contributed by atoms with van der Waals surface area (Å²) in [5.41, 5.74) is 6.44. The number of primary amides is 1. The lowest BCUT2D eigenvalue weighted by atomic mass is 9.78. The molecule has 1 heterocycles. The highest BCUT2D eigenvalue weighted by atomic mass is 16.2. The van der Waals surface area contributed by atoms with Crippen molar-refractivity contribution in [3.63, 3.8) is 0 Å². The minimum atomic E-state index is -0.582. The van der Waals surface area contributed by atoms with Crippen LogP contribution < -0.4 is 5.73 Å². The van der Waals surface area contributed by atoms with Crippen LogP contribution in [0, 0.1) is 5.41 Å². The summed E-state index contributed by atoms with van der Waals surface area (Å²) in [6.45, 7) is 5.76. The lowest BCUT2D eigenvalue weighted by Gasteiger charge is -2.25. The maximum absolute atomic E-state index is 12.3. The van der Waals surface area contributed by atoms with E-state index in [1.54, 1.807) is 0 Å². The Labute approximate surface area is 125 Å². The third kappa shape index (κ3) is 3.35. The summed E-state index contributed by atoms with van der Waals surface area (Å²) in [6, 6.07) is 9.68. The molecule has 0 aromatic heterocycles. The van der Waals surface area contributed by atoms with Crippen molar-refractivity contribution in [1.82, 2.24) is 9.80 Å². The van der Waals surface area contributed by atoms with Crippen molar-refractivity contribution in [2.24, 2.45) is 11.1 Å². The molecule has 2 N–H and O–H groups in total. The summed E-state index contributed by atoms with van der Waals surface area (Å²) in [4.78, 5) is 26.4. The molecule has 1 fully saturated rings. The van der Waals surface area contributed by atoms with Gasteiger partial charge in [-0.25, -0.2) is 4.79 Å². The van der Waals surface area contributed by atoms with Crippen LogP contribution in [0.1, 0.15) is 25.3 Å². The Morgan fingerprint density at radius 2 is 1.95 bits per heavy atom. The lowest BCUT2D eigenvalue weighted by Crippen LogP contribution is -2.42. The second-order valence-corrected chi connectivity index (χ2v) is 6.42. The van der Waals surface area contributed by atoms with Gasteiger partial charge in [0.1, 0.15) is 6.54 Å². The highest BCUT2D eigenvalue weighted by Gasteiger charge is 2.41. The quantitative estimate of drug-likeness (QED) is 0.919. The average Bonchev–Trinajstić information content (AvgIpc) is 2.75. The van der Waals surface area contributed by atoms with E-state index in [1.807, 2.05) is 23.1 Å². The number of likely N-dealkylation sites (N-methyl/N-ethyl adjacent to an activating group) is 1. The topological polar surface area (TPSA) is 66.6 Å². The molecular formula is C16H23N3O2. The van der Waals surface area contributed by atoms with Gasteiger partial charge >= 0.3 is 6.03 Å². The van der Waals surface area contributed by atoms with Crippen LogP contribution in [0.3, 0.4) is 0 Å². The zero-order chi connectivity index (χ0) is 15.6. The number of carbonyl (C=O) groups excluding carboxylic acids is 2. The van der Waals surface area contributed by atoms with Crippen LogP contribution in [0.25, 0.3) is 0 Å². The molecule has 114 valence electrons. The molecule has 5 heteroatoms. The minimum Gasteiger partial charge on any atom is -0.351 e. The normalized spacial score (nSPS) is 20.3. The molecule has 2 rings (SSSR count). The van der Waals surface area contributed by atoms with Crippen LogP contribution in [0.4, 0.5) is 4.79 Å². The molecule has 0 radical (unpaired) electrons. The van der Waals surface area contributed by atoms with Gasteiger partial charge in [-0.3, -0.25) is 4.79 Å². The molecule has 0 saturated carbocycles. The van der Waals surface area contributed by atoms with E-state index in [2.05, 4.69) is 26.0 Å². The first-order valence-corrected chi connectivity index (χ1v) is 7.14. The van der Waals surface area contributed by atoms with Gasteiger partial charge in [0.25, 0.3) is 0 Å². The largest absolute Gasteiger partial charge is 0.351 e. The van der Waals surface area contributed by atoms with Crippen molar-refractivity contribution in [2.75, 3.05) is 26.7 Å². The summed E-state index contributed by atoms with van der Waals surface area (Å²) in [7, 11) is 1.54. The van der Waals surface area contributed by atoms with Gasteiger partial charge in [-0.2, -0.15) is 0 Å². The summed E-state index contributed by atoms with van der Waals surface area (Å²) in [5.74, 6) is 0.254. The number of nitrogens with two attached hydrogens (primary N) is 1. The number of carbonyl (C=O) groups is 2. The van der Waals surface area contributed by atoms with Crippen LogP contribution in [0.5, 0.6) is 0 Å². The van der Waals surface area contributed by atoms with Crippen LogP contribution >= 0.6 is 0 Å². The van der Waals surface area contributed by atoms with Gasteiger partial charge in [0.2, 0.25) is 5.91 Å². The molecule has 1 aromatic rings. The van der Waals surface area contributed by atoms with Crippen molar-refractivity contribution < 1.29 is 9.59 Å². The number of urea groups is 1. The maximum Gasteiger partial charge on any atom is 0.314 e. The van der Waals surface area contributed by atoms with Crippen LogP contribution in [-0.2, 0) is 4.79 Å². The molecule has 1 aromatic carbocycles. The number of likely N-dealkylation sites (tertiary alicyclic amines) is 1. The van der Waals surface area contributed by atoms with Gasteiger partial charge in [-0.15, -0.1) is 0 Å². The van der Waals surface area contributed by atoms with Gasteiger partial charge in [0.15, 0.2) is 0 Å². The third-order valence-corrected chi connectivity index (χ3v) is 4.25. The molecule has 1 saturated heterocycles. The van der Waals surface area contributed by atoms with Crippen molar-refractivity contribution in [3.8, 4) is 0 Å². The summed E-state index contributed by atoms with van der Waals surface area (Å²) < 4.78 is 0. The van der Waals surface area contributed by atoms with Crippen molar-refractivity contribution in [3.05, 3.63) is 35.9 Å². The molecular weight excluding hydrogens is 266 g/mol. The molecule has 1 aliphatic heterocycles. The average molecular weight is 289 g/mol. The fraction of sp³-hybridized carbons (Fsp3) is 0.500. The van der Waals surface area contributed by atoms with E-state index in [-0.39, 0.29) is 17.9 Å². The number of nitrogens with zero attached hydrogens (tertiary/aromatic N) is 2. The molecule has 21 heavy (non-hydrogen) atoms. The van der Waals surface area contributed by atoms with Gasteiger partial charge in [-0.1, -0.05) is 44.2 Å². The molecule has 5 nitrogen and oxygen atoms in total. The maximum atomic E-state index is 12.3. The van der Waals surface area contributed by atoms with E-state index in [4.69, 9.17) is 5.73 Å². The fourth-order valence-electron chi connectivity index (χ4n) is 2.95. The first kappa shape index (κ1) is 15.4. The van der Waals surface area contributed by atoms with Gasteiger partial charge in [0.05, 0.1) is 0 Å². The van der Waals surface area contributed by atoms with E-state index in [0.717, 1.165) is 0 Å². The highest BCUT2D eigenvalue weighted by Crippen LogP contribution is 2.42. The molecule has 0 spiro atoms. The van der Waals surface area contributed by atoms with Crippen molar-refractivity contribution >= 4 is 11.9 Å². The van der Waals surface area contributed by atoms with Crippen LogP contribution in [-0.4, -0.2) is 48.4 Å². The Morgan fingerprint density at radius 1 is 1.33 bits per heavy atom. The van der Waals surface area contributed by atoms with Gasteiger partial charge < -0.3 is 15.5 Å². The Bertz CT molecular complexity index is 528. The SMILES string of the molecule is CN(CC(=O)N1C[C@@H](c2ccccc2)C(C)(C)C1)C(N)=O. The van der Waals surface area contributed by atoms with E-state index < -0.39 is 6.03 Å². The monoisotopic (exact) mass is 289 g/mol. The molecule has 0 unspecified atom stereocenters. The van der Waals surface area contributed by atoms with E-state index >= 15 is 0 Å².